The van der Waals surface area contributed by atoms with Crippen molar-refractivity contribution in [3.8, 4) is 0 Å². The molecule has 7 heteroatoms. The summed E-state index contributed by atoms with van der Waals surface area (Å²) in [5.74, 6) is 5.68. The number of piperidine rings is 1. The van der Waals surface area contributed by atoms with E-state index in [1.807, 2.05) is 4.90 Å². The van der Waals surface area contributed by atoms with E-state index in [9.17, 15) is 4.79 Å². The number of nitrogen functional groups attached to an aromatic ring is 1. The average Bonchev–Trinajstić information content (AvgIpc) is 2.54. The zero-order valence-corrected chi connectivity index (χ0v) is 12.6. The number of hydrazine groups is 1. The van der Waals surface area contributed by atoms with E-state index < -0.39 is 0 Å². The zero-order chi connectivity index (χ0) is 14.8. The molecule has 3 N–H and O–H groups in total. The van der Waals surface area contributed by atoms with Gasteiger partial charge in [0, 0.05) is 25.7 Å². The molecule has 0 saturated carbocycles. The molecule has 2 fully saturated rings. The average molecular weight is 310 g/mol. The first-order valence-electron chi connectivity index (χ1n) is 7.35. The largest absolute Gasteiger partial charge is 0.334 e. The lowest BCUT2D eigenvalue weighted by Crippen LogP contribution is -2.56. The Kier molecular flexibility index (Phi) is 4.28. The van der Waals surface area contributed by atoms with Crippen molar-refractivity contribution in [3.63, 3.8) is 0 Å². The van der Waals surface area contributed by atoms with E-state index >= 15 is 0 Å². The first-order chi connectivity index (χ1) is 10.2. The number of pyridine rings is 1. The summed E-state index contributed by atoms with van der Waals surface area (Å²) in [6, 6.07) is 3.78. The molecule has 0 aromatic carbocycles. The summed E-state index contributed by atoms with van der Waals surface area (Å²) in [5.41, 5.74) is 2.72. The van der Waals surface area contributed by atoms with Crippen molar-refractivity contribution in [2.75, 3.05) is 31.6 Å². The molecular formula is C14H20ClN5O. The highest BCUT2D eigenvalue weighted by atomic mass is 35.5. The number of fused-ring (bicyclic) bond motifs is 1. The Morgan fingerprint density at radius 2 is 2.19 bits per heavy atom. The number of nitrogens with two attached hydrogens (primary N) is 1. The lowest BCUT2D eigenvalue weighted by molar-refractivity contribution is 0.0368. The Hall–Kier alpha value is -1.37. The van der Waals surface area contributed by atoms with Gasteiger partial charge in [-0.2, -0.15) is 0 Å². The van der Waals surface area contributed by atoms with Gasteiger partial charge in [0.2, 0.25) is 0 Å². The Bertz CT molecular complexity index is 538. The normalized spacial score (nSPS) is 22.8. The first kappa shape index (κ1) is 14.6. The van der Waals surface area contributed by atoms with Crippen LogP contribution in [-0.4, -0.2) is 52.9 Å². The number of nitrogens with zero attached hydrogens (tertiary/aromatic N) is 3. The van der Waals surface area contributed by atoms with Crippen molar-refractivity contribution in [1.29, 1.82) is 0 Å². The molecule has 3 rings (SSSR count). The molecule has 1 atom stereocenters. The molecule has 1 amide bonds. The molecule has 2 aliphatic heterocycles. The fourth-order valence-corrected chi connectivity index (χ4v) is 3.35. The van der Waals surface area contributed by atoms with Gasteiger partial charge < -0.3 is 10.3 Å². The summed E-state index contributed by atoms with van der Waals surface area (Å²) in [5, 5.41) is 0.366. The summed E-state index contributed by atoms with van der Waals surface area (Å²) >= 11 is 6.12. The van der Waals surface area contributed by atoms with Gasteiger partial charge in [-0.15, -0.1) is 0 Å². The smallest absolute Gasteiger partial charge is 0.274 e. The van der Waals surface area contributed by atoms with E-state index in [-0.39, 0.29) is 11.6 Å². The van der Waals surface area contributed by atoms with Crippen LogP contribution in [0.3, 0.4) is 0 Å². The molecule has 3 heterocycles. The van der Waals surface area contributed by atoms with Crippen molar-refractivity contribution < 1.29 is 4.79 Å². The summed E-state index contributed by atoms with van der Waals surface area (Å²) in [6.07, 6.45) is 3.67. The van der Waals surface area contributed by atoms with Crippen LogP contribution in [0.2, 0.25) is 5.02 Å². The van der Waals surface area contributed by atoms with Gasteiger partial charge in [-0.25, -0.2) is 10.8 Å². The molecular weight excluding hydrogens is 290 g/mol. The van der Waals surface area contributed by atoms with E-state index in [1.54, 1.807) is 12.1 Å². The van der Waals surface area contributed by atoms with Crippen LogP contribution in [0.1, 0.15) is 29.8 Å². The van der Waals surface area contributed by atoms with Gasteiger partial charge in [0.25, 0.3) is 5.91 Å². The molecule has 1 aromatic rings. The Balaban J connectivity index is 1.76. The second-order valence-corrected chi connectivity index (χ2v) is 6.02. The van der Waals surface area contributed by atoms with Crippen molar-refractivity contribution in [2.24, 2.45) is 5.84 Å². The van der Waals surface area contributed by atoms with Crippen LogP contribution in [0.25, 0.3) is 0 Å². The minimum atomic E-state index is -0.109. The van der Waals surface area contributed by atoms with Crippen molar-refractivity contribution in [1.82, 2.24) is 14.8 Å². The van der Waals surface area contributed by atoms with Gasteiger partial charge in [-0.05, 0) is 31.5 Å². The van der Waals surface area contributed by atoms with Crippen LogP contribution in [0, 0.1) is 0 Å². The van der Waals surface area contributed by atoms with Crippen molar-refractivity contribution in [2.45, 2.75) is 25.3 Å². The molecule has 21 heavy (non-hydrogen) atoms. The van der Waals surface area contributed by atoms with Crippen LogP contribution >= 0.6 is 11.6 Å². The predicted molar refractivity (Wildman–Crippen MR) is 82.2 cm³/mol. The highest BCUT2D eigenvalue weighted by Crippen LogP contribution is 2.24. The molecule has 1 aromatic heterocycles. The lowest BCUT2D eigenvalue weighted by atomic mass is 9.99. The monoisotopic (exact) mass is 309 g/mol. The number of rotatable bonds is 2. The Morgan fingerprint density at radius 3 is 3.00 bits per heavy atom. The third-order valence-corrected chi connectivity index (χ3v) is 4.63. The van der Waals surface area contributed by atoms with Gasteiger partial charge in [0.1, 0.15) is 11.5 Å². The van der Waals surface area contributed by atoms with Crippen LogP contribution in [-0.2, 0) is 0 Å². The van der Waals surface area contributed by atoms with Gasteiger partial charge in [0.15, 0.2) is 0 Å². The number of nitrogens with one attached hydrogen (secondary N) is 1. The molecule has 2 saturated heterocycles. The number of carbonyl (C=O) groups is 1. The number of carbonyl (C=O) groups excluding carboxylic acids is 1. The minimum Gasteiger partial charge on any atom is -0.334 e. The predicted octanol–water partition coefficient (Wildman–Crippen LogP) is 1.33. The molecule has 6 nitrogen and oxygen atoms in total. The fraction of sp³-hybridized carbons (Fsp3) is 0.571. The third-order valence-electron chi connectivity index (χ3n) is 4.32. The second-order valence-electron chi connectivity index (χ2n) is 5.61. The summed E-state index contributed by atoms with van der Waals surface area (Å²) < 4.78 is 0. The molecule has 0 bridgehead atoms. The fourth-order valence-electron chi connectivity index (χ4n) is 3.16. The van der Waals surface area contributed by atoms with Gasteiger partial charge in [-0.3, -0.25) is 9.69 Å². The van der Waals surface area contributed by atoms with E-state index in [0.29, 0.717) is 16.9 Å². The van der Waals surface area contributed by atoms with Crippen LogP contribution in [0.4, 0.5) is 5.82 Å². The SMILES string of the molecule is NNc1ccc(Cl)c(C(=O)N2CCN3CCCCC3C2)n1. The highest BCUT2D eigenvalue weighted by Gasteiger charge is 2.32. The molecule has 114 valence electrons. The summed E-state index contributed by atoms with van der Waals surface area (Å²) in [4.78, 5) is 21.2. The highest BCUT2D eigenvalue weighted by molar-refractivity contribution is 6.33. The molecule has 0 aliphatic carbocycles. The Labute approximate surface area is 129 Å². The second kappa shape index (κ2) is 6.17. The number of hydrogen-bond donors (Lipinski definition) is 2. The maximum absolute atomic E-state index is 12.7. The topological polar surface area (TPSA) is 74.5 Å². The maximum Gasteiger partial charge on any atom is 0.274 e. The zero-order valence-electron chi connectivity index (χ0n) is 11.9. The summed E-state index contributed by atoms with van der Waals surface area (Å²) in [7, 11) is 0. The van der Waals surface area contributed by atoms with E-state index in [1.165, 1.54) is 12.8 Å². The number of hydrogen-bond acceptors (Lipinski definition) is 5. The Morgan fingerprint density at radius 1 is 1.33 bits per heavy atom. The number of aromatic nitrogens is 1. The van der Waals surface area contributed by atoms with Gasteiger partial charge in [0.05, 0.1) is 5.02 Å². The third kappa shape index (κ3) is 2.97. The minimum absolute atomic E-state index is 0.109. The molecule has 2 aliphatic rings. The number of amides is 1. The van der Waals surface area contributed by atoms with Crippen LogP contribution < -0.4 is 11.3 Å². The molecule has 0 radical (unpaired) electrons. The first-order valence-corrected chi connectivity index (χ1v) is 7.73. The van der Waals surface area contributed by atoms with Crippen molar-refractivity contribution in [3.05, 3.63) is 22.8 Å². The maximum atomic E-state index is 12.7. The lowest BCUT2D eigenvalue weighted by Gasteiger charge is -2.43. The van der Waals surface area contributed by atoms with E-state index in [2.05, 4.69) is 15.3 Å². The van der Waals surface area contributed by atoms with Gasteiger partial charge in [-0.1, -0.05) is 18.0 Å². The molecule has 1 unspecified atom stereocenters. The van der Waals surface area contributed by atoms with Crippen LogP contribution in [0.5, 0.6) is 0 Å². The quantitative estimate of drug-likeness (QED) is 0.637. The van der Waals surface area contributed by atoms with Crippen LogP contribution in [0.15, 0.2) is 12.1 Å². The number of anilines is 1. The molecule has 0 spiro atoms. The number of halogens is 1. The number of piperazine rings is 1. The van der Waals surface area contributed by atoms with E-state index in [4.69, 9.17) is 17.4 Å². The van der Waals surface area contributed by atoms with E-state index in [0.717, 1.165) is 32.6 Å². The standard InChI is InChI=1S/C14H20ClN5O/c15-11-4-5-12(18-16)17-13(11)14(21)20-8-7-19-6-2-1-3-10(19)9-20/h4-5,10H,1-3,6-9,16H2,(H,17,18). The summed E-state index contributed by atoms with van der Waals surface area (Å²) in [6.45, 7) is 3.58. The van der Waals surface area contributed by atoms with Gasteiger partial charge >= 0.3 is 0 Å². The van der Waals surface area contributed by atoms with Crippen molar-refractivity contribution >= 4 is 23.3 Å².